The van der Waals surface area contributed by atoms with Crippen molar-refractivity contribution in [2.24, 2.45) is 0 Å². The van der Waals surface area contributed by atoms with Crippen LogP contribution in [0.1, 0.15) is 10.4 Å². The van der Waals surface area contributed by atoms with Gasteiger partial charge in [-0.1, -0.05) is 23.7 Å². The van der Waals surface area contributed by atoms with Crippen molar-refractivity contribution in [3.63, 3.8) is 0 Å². The smallest absolute Gasteiger partial charge is 0.341 e. The van der Waals surface area contributed by atoms with Crippen molar-refractivity contribution in [2.75, 3.05) is 43.9 Å². The lowest BCUT2D eigenvalue weighted by molar-refractivity contribution is -0.134. The number of hydrogen-bond donors (Lipinski definition) is 0. The van der Waals surface area contributed by atoms with Gasteiger partial charge in [0.1, 0.15) is 5.03 Å². The number of benzene rings is 1. The van der Waals surface area contributed by atoms with E-state index < -0.39 is 5.97 Å². The van der Waals surface area contributed by atoms with Crippen LogP contribution in [0.25, 0.3) is 0 Å². The number of ether oxygens (including phenoxy) is 1. The van der Waals surface area contributed by atoms with Crippen LogP contribution in [0.3, 0.4) is 0 Å². The van der Waals surface area contributed by atoms with Gasteiger partial charge in [-0.25, -0.2) is 9.78 Å². The van der Waals surface area contributed by atoms with Gasteiger partial charge in [0.25, 0.3) is 5.91 Å². The molecule has 3 rings (SSSR count). The first-order chi connectivity index (χ1) is 13.1. The number of carbonyl (C=O) groups excluding carboxylic acids is 2. The summed E-state index contributed by atoms with van der Waals surface area (Å²) in [5.41, 5.74) is 1.35. The van der Waals surface area contributed by atoms with Gasteiger partial charge in [-0.3, -0.25) is 4.79 Å². The van der Waals surface area contributed by atoms with E-state index >= 15 is 0 Å². The highest BCUT2D eigenvalue weighted by Crippen LogP contribution is 2.26. The molecule has 1 aromatic carbocycles. The number of thioether (sulfide) groups is 1. The topological polar surface area (TPSA) is 62.7 Å². The van der Waals surface area contributed by atoms with Crippen LogP contribution < -0.4 is 4.90 Å². The number of piperazine rings is 1. The molecule has 0 saturated carbocycles. The van der Waals surface area contributed by atoms with E-state index in [2.05, 4.69) is 9.88 Å². The third-order valence-corrected chi connectivity index (χ3v) is 5.37. The van der Waals surface area contributed by atoms with E-state index in [-0.39, 0.29) is 12.5 Å². The summed E-state index contributed by atoms with van der Waals surface area (Å²) >= 11 is 7.60. The molecule has 0 aliphatic carbocycles. The molecule has 1 aliphatic rings. The van der Waals surface area contributed by atoms with E-state index in [0.29, 0.717) is 41.8 Å². The molecule has 0 N–H and O–H groups in total. The van der Waals surface area contributed by atoms with Crippen LogP contribution in [0.2, 0.25) is 5.02 Å². The van der Waals surface area contributed by atoms with Gasteiger partial charge in [0.15, 0.2) is 6.61 Å². The zero-order valence-corrected chi connectivity index (χ0v) is 16.5. The molecule has 0 atom stereocenters. The number of anilines is 1. The Balaban J connectivity index is 1.51. The minimum Gasteiger partial charge on any atom is -0.452 e. The molecule has 1 aliphatic heterocycles. The molecule has 0 radical (unpaired) electrons. The molecule has 1 saturated heterocycles. The number of carbonyl (C=O) groups is 2. The van der Waals surface area contributed by atoms with E-state index in [1.54, 1.807) is 23.2 Å². The van der Waals surface area contributed by atoms with Gasteiger partial charge >= 0.3 is 5.97 Å². The molecule has 2 aromatic rings. The fourth-order valence-corrected chi connectivity index (χ4v) is 3.70. The second-order valence-corrected chi connectivity index (χ2v) is 7.16. The average Bonchev–Trinajstić information content (AvgIpc) is 2.72. The quantitative estimate of drug-likeness (QED) is 0.563. The van der Waals surface area contributed by atoms with Crippen molar-refractivity contribution >= 4 is 40.9 Å². The summed E-state index contributed by atoms with van der Waals surface area (Å²) in [4.78, 5) is 32.6. The molecular formula is C19H20ClN3O3S. The molecule has 1 aromatic heterocycles. The van der Waals surface area contributed by atoms with Gasteiger partial charge in [-0.05, 0) is 30.5 Å². The summed E-state index contributed by atoms with van der Waals surface area (Å²) in [6.45, 7) is 2.22. The van der Waals surface area contributed by atoms with Crippen molar-refractivity contribution in [2.45, 2.75) is 5.03 Å². The van der Waals surface area contributed by atoms with Crippen LogP contribution in [0.15, 0.2) is 47.6 Å². The summed E-state index contributed by atoms with van der Waals surface area (Å²) in [5.74, 6) is -0.729. The maximum atomic E-state index is 12.4. The number of halogens is 1. The number of para-hydroxylation sites is 1. The molecule has 0 spiro atoms. The lowest BCUT2D eigenvalue weighted by Crippen LogP contribution is -2.50. The molecule has 27 heavy (non-hydrogen) atoms. The lowest BCUT2D eigenvalue weighted by atomic mass is 10.2. The average molecular weight is 406 g/mol. The third kappa shape index (κ3) is 4.73. The number of hydrogen-bond acceptors (Lipinski definition) is 6. The van der Waals surface area contributed by atoms with Gasteiger partial charge in [0.05, 0.1) is 16.3 Å². The van der Waals surface area contributed by atoms with E-state index in [1.165, 1.54) is 11.8 Å². The molecule has 0 unspecified atom stereocenters. The van der Waals surface area contributed by atoms with Crippen molar-refractivity contribution in [1.29, 1.82) is 0 Å². The minimum atomic E-state index is -0.532. The number of pyridine rings is 1. The second-order valence-electron chi connectivity index (χ2n) is 5.96. The SMILES string of the molecule is CSc1ncccc1C(=O)OCC(=O)N1CCN(c2ccccc2Cl)CC1. The molecular weight excluding hydrogens is 386 g/mol. The molecule has 8 heteroatoms. The predicted octanol–water partition coefficient (Wildman–Crippen LogP) is 2.96. The molecule has 6 nitrogen and oxygen atoms in total. The number of nitrogens with zero attached hydrogens (tertiary/aromatic N) is 3. The zero-order valence-electron chi connectivity index (χ0n) is 14.9. The van der Waals surface area contributed by atoms with Crippen molar-refractivity contribution in [3.8, 4) is 0 Å². The third-order valence-electron chi connectivity index (χ3n) is 4.34. The van der Waals surface area contributed by atoms with Gasteiger partial charge in [0.2, 0.25) is 0 Å². The van der Waals surface area contributed by atoms with Crippen LogP contribution in [-0.2, 0) is 9.53 Å². The summed E-state index contributed by atoms with van der Waals surface area (Å²) in [7, 11) is 0. The van der Waals surface area contributed by atoms with Crippen LogP contribution in [0, 0.1) is 0 Å². The first kappa shape index (κ1) is 19.5. The highest BCUT2D eigenvalue weighted by molar-refractivity contribution is 7.98. The summed E-state index contributed by atoms with van der Waals surface area (Å²) < 4.78 is 5.20. The fraction of sp³-hybridized carbons (Fsp3) is 0.316. The summed E-state index contributed by atoms with van der Waals surface area (Å²) in [6, 6.07) is 11.0. The second kappa shape index (κ2) is 9.10. The predicted molar refractivity (Wildman–Crippen MR) is 107 cm³/mol. The summed E-state index contributed by atoms with van der Waals surface area (Å²) in [6.07, 6.45) is 3.45. The first-order valence-corrected chi connectivity index (χ1v) is 10.1. The normalized spacial score (nSPS) is 14.1. The molecule has 1 amide bonds. The Morgan fingerprint density at radius 1 is 1.15 bits per heavy atom. The number of esters is 1. The lowest BCUT2D eigenvalue weighted by Gasteiger charge is -2.36. The van der Waals surface area contributed by atoms with Crippen molar-refractivity contribution < 1.29 is 14.3 Å². The Kier molecular flexibility index (Phi) is 6.58. The van der Waals surface area contributed by atoms with Crippen LogP contribution >= 0.6 is 23.4 Å². The van der Waals surface area contributed by atoms with E-state index in [1.807, 2.05) is 30.5 Å². The molecule has 1 fully saturated rings. The fourth-order valence-electron chi connectivity index (χ4n) is 2.91. The van der Waals surface area contributed by atoms with Gasteiger partial charge in [-0.2, -0.15) is 0 Å². The van der Waals surface area contributed by atoms with Crippen molar-refractivity contribution in [3.05, 3.63) is 53.2 Å². The monoisotopic (exact) mass is 405 g/mol. The number of amides is 1. The molecule has 2 heterocycles. The largest absolute Gasteiger partial charge is 0.452 e. The molecule has 0 bridgehead atoms. The van der Waals surface area contributed by atoms with E-state index in [4.69, 9.17) is 16.3 Å². The number of rotatable bonds is 5. The Morgan fingerprint density at radius 3 is 2.59 bits per heavy atom. The van der Waals surface area contributed by atoms with E-state index in [9.17, 15) is 9.59 Å². The van der Waals surface area contributed by atoms with Crippen molar-refractivity contribution in [1.82, 2.24) is 9.88 Å². The Labute approximate surface area is 167 Å². The standard InChI is InChI=1S/C19H20ClN3O3S/c1-27-18-14(5-4-8-21-18)19(25)26-13-17(24)23-11-9-22(10-12-23)16-7-3-2-6-15(16)20/h2-8H,9-13H2,1H3. The first-order valence-electron chi connectivity index (χ1n) is 8.53. The Bertz CT molecular complexity index is 825. The maximum Gasteiger partial charge on any atom is 0.341 e. The van der Waals surface area contributed by atoms with Crippen LogP contribution in [0.4, 0.5) is 5.69 Å². The Morgan fingerprint density at radius 2 is 1.89 bits per heavy atom. The van der Waals surface area contributed by atoms with Crippen LogP contribution in [-0.4, -0.2) is 60.8 Å². The molecule has 142 valence electrons. The van der Waals surface area contributed by atoms with Gasteiger partial charge < -0.3 is 14.5 Å². The van der Waals surface area contributed by atoms with Gasteiger partial charge in [0, 0.05) is 32.4 Å². The highest BCUT2D eigenvalue weighted by Gasteiger charge is 2.23. The van der Waals surface area contributed by atoms with E-state index in [0.717, 1.165) is 5.69 Å². The number of aromatic nitrogens is 1. The zero-order chi connectivity index (χ0) is 19.2. The van der Waals surface area contributed by atoms with Crippen LogP contribution in [0.5, 0.6) is 0 Å². The Hall–Kier alpha value is -2.25. The summed E-state index contributed by atoms with van der Waals surface area (Å²) in [5, 5.41) is 1.29. The minimum absolute atomic E-state index is 0.197. The highest BCUT2D eigenvalue weighted by atomic mass is 35.5. The van der Waals surface area contributed by atoms with Gasteiger partial charge in [-0.15, -0.1) is 11.8 Å². The maximum absolute atomic E-state index is 12.4.